The van der Waals surface area contributed by atoms with E-state index in [4.69, 9.17) is 10.5 Å². The zero-order chi connectivity index (χ0) is 20.5. The lowest BCUT2D eigenvalue weighted by molar-refractivity contribution is 0.101. The van der Waals surface area contributed by atoms with Gasteiger partial charge in [0.1, 0.15) is 15.5 Å². The first-order chi connectivity index (χ1) is 14.0. The SMILES string of the molecule is CCOc1ccc2cc3c(N)c(C(=O)Nc4ccc(C(C)=O)cc4)sc3nc2c1. The van der Waals surface area contributed by atoms with Gasteiger partial charge in [0, 0.05) is 28.1 Å². The van der Waals surface area contributed by atoms with Gasteiger partial charge in [-0.25, -0.2) is 4.98 Å². The third-order valence-electron chi connectivity index (χ3n) is 4.55. The Morgan fingerprint density at radius 1 is 1.14 bits per heavy atom. The Kier molecular flexibility index (Phi) is 4.90. The monoisotopic (exact) mass is 405 g/mol. The van der Waals surface area contributed by atoms with E-state index in [9.17, 15) is 9.59 Å². The van der Waals surface area contributed by atoms with Gasteiger partial charge in [-0.2, -0.15) is 0 Å². The van der Waals surface area contributed by atoms with Crippen LogP contribution in [-0.4, -0.2) is 23.3 Å². The zero-order valence-electron chi connectivity index (χ0n) is 16.0. The Morgan fingerprint density at radius 2 is 1.90 bits per heavy atom. The van der Waals surface area contributed by atoms with Crippen molar-refractivity contribution in [2.24, 2.45) is 0 Å². The van der Waals surface area contributed by atoms with E-state index in [1.54, 1.807) is 24.3 Å². The number of fused-ring (bicyclic) bond motifs is 2. The summed E-state index contributed by atoms with van der Waals surface area (Å²) in [5, 5.41) is 4.51. The van der Waals surface area contributed by atoms with Gasteiger partial charge in [0.2, 0.25) is 0 Å². The molecule has 0 aliphatic carbocycles. The van der Waals surface area contributed by atoms with Crippen LogP contribution in [0.2, 0.25) is 0 Å². The number of nitrogens with two attached hydrogens (primary N) is 1. The Morgan fingerprint density at radius 3 is 2.59 bits per heavy atom. The number of aromatic nitrogens is 1. The maximum Gasteiger partial charge on any atom is 0.267 e. The van der Waals surface area contributed by atoms with E-state index in [0.29, 0.717) is 33.3 Å². The van der Waals surface area contributed by atoms with E-state index in [0.717, 1.165) is 22.0 Å². The minimum atomic E-state index is -0.305. The minimum absolute atomic E-state index is 0.0257. The molecule has 0 saturated heterocycles. The van der Waals surface area contributed by atoms with Crippen LogP contribution < -0.4 is 15.8 Å². The first-order valence-electron chi connectivity index (χ1n) is 9.14. The molecule has 4 rings (SSSR count). The average molecular weight is 405 g/mol. The van der Waals surface area contributed by atoms with Gasteiger partial charge < -0.3 is 15.8 Å². The molecule has 0 unspecified atom stereocenters. The number of Topliss-reactive ketones (excluding diaryl/α,β-unsaturated/α-hetero) is 1. The maximum atomic E-state index is 12.8. The highest BCUT2D eigenvalue weighted by Crippen LogP contribution is 2.35. The number of carbonyl (C=O) groups excluding carboxylic acids is 2. The van der Waals surface area contributed by atoms with Crippen LogP contribution >= 0.6 is 11.3 Å². The number of hydrogen-bond acceptors (Lipinski definition) is 6. The Labute approximate surface area is 171 Å². The van der Waals surface area contributed by atoms with Crippen molar-refractivity contribution in [3.05, 3.63) is 59.0 Å². The van der Waals surface area contributed by atoms with Crippen LogP contribution in [0, 0.1) is 0 Å². The lowest BCUT2D eigenvalue weighted by Gasteiger charge is -2.05. The second-order valence-electron chi connectivity index (χ2n) is 6.56. The summed E-state index contributed by atoms with van der Waals surface area (Å²) in [6.07, 6.45) is 0. The topological polar surface area (TPSA) is 94.3 Å². The smallest absolute Gasteiger partial charge is 0.267 e. The molecule has 146 valence electrons. The number of ketones is 1. The number of rotatable bonds is 5. The first-order valence-corrected chi connectivity index (χ1v) is 9.96. The number of benzene rings is 2. The van der Waals surface area contributed by atoms with Gasteiger partial charge in [-0.15, -0.1) is 11.3 Å². The number of hydrogen-bond donors (Lipinski definition) is 2. The molecule has 1 amide bonds. The van der Waals surface area contributed by atoms with Crippen LogP contribution in [0.3, 0.4) is 0 Å². The molecule has 0 spiro atoms. The summed E-state index contributed by atoms with van der Waals surface area (Å²) in [5.41, 5.74) is 8.65. The third-order valence-corrected chi connectivity index (χ3v) is 5.67. The number of carbonyl (C=O) groups is 2. The second kappa shape index (κ2) is 7.52. The molecule has 6 nitrogen and oxygen atoms in total. The summed E-state index contributed by atoms with van der Waals surface area (Å²) in [6.45, 7) is 4.01. The van der Waals surface area contributed by atoms with E-state index in [2.05, 4.69) is 10.3 Å². The first kappa shape index (κ1) is 18.9. The van der Waals surface area contributed by atoms with Crippen LogP contribution in [0.4, 0.5) is 11.4 Å². The van der Waals surface area contributed by atoms with Gasteiger partial charge in [-0.1, -0.05) is 0 Å². The van der Waals surface area contributed by atoms with Gasteiger partial charge in [0.15, 0.2) is 5.78 Å². The number of thiophene rings is 1. The molecule has 2 heterocycles. The average Bonchev–Trinajstić information content (AvgIpc) is 3.03. The summed E-state index contributed by atoms with van der Waals surface area (Å²) in [6, 6.07) is 14.4. The van der Waals surface area contributed by atoms with Crippen molar-refractivity contribution in [3.8, 4) is 5.75 Å². The van der Waals surface area contributed by atoms with Crippen LogP contribution in [-0.2, 0) is 0 Å². The highest BCUT2D eigenvalue weighted by molar-refractivity contribution is 7.21. The molecular formula is C22H19N3O3S. The molecule has 0 atom stereocenters. The fraction of sp³-hybridized carbons (Fsp3) is 0.136. The molecule has 0 fully saturated rings. The molecule has 0 saturated carbocycles. The number of nitrogen functional groups attached to an aromatic ring is 1. The highest BCUT2D eigenvalue weighted by atomic mass is 32.1. The van der Waals surface area contributed by atoms with Crippen LogP contribution in [0.5, 0.6) is 5.75 Å². The fourth-order valence-corrected chi connectivity index (χ4v) is 4.06. The zero-order valence-corrected chi connectivity index (χ0v) is 16.8. The van der Waals surface area contributed by atoms with Crippen molar-refractivity contribution in [2.45, 2.75) is 13.8 Å². The molecule has 2 aromatic heterocycles. The predicted octanol–water partition coefficient (Wildman–Crippen LogP) is 4.89. The molecule has 0 radical (unpaired) electrons. The number of anilines is 2. The summed E-state index contributed by atoms with van der Waals surface area (Å²) in [5.74, 6) is 0.422. The largest absolute Gasteiger partial charge is 0.494 e. The lowest BCUT2D eigenvalue weighted by atomic mass is 10.1. The molecule has 3 N–H and O–H groups in total. The van der Waals surface area contributed by atoms with Crippen LogP contribution in [0.25, 0.3) is 21.1 Å². The maximum absolute atomic E-state index is 12.8. The summed E-state index contributed by atoms with van der Waals surface area (Å²) in [4.78, 5) is 29.9. The number of nitrogens with zero attached hydrogens (tertiary/aromatic N) is 1. The summed E-state index contributed by atoms with van der Waals surface area (Å²) < 4.78 is 5.54. The van der Waals surface area contributed by atoms with E-state index >= 15 is 0 Å². The van der Waals surface area contributed by atoms with Gasteiger partial charge in [0.25, 0.3) is 5.91 Å². The van der Waals surface area contributed by atoms with Crippen molar-refractivity contribution in [1.29, 1.82) is 0 Å². The van der Waals surface area contributed by atoms with E-state index < -0.39 is 0 Å². The van der Waals surface area contributed by atoms with E-state index in [1.807, 2.05) is 31.2 Å². The van der Waals surface area contributed by atoms with Gasteiger partial charge >= 0.3 is 0 Å². The third kappa shape index (κ3) is 3.64. The van der Waals surface area contributed by atoms with Crippen molar-refractivity contribution in [3.63, 3.8) is 0 Å². The lowest BCUT2D eigenvalue weighted by Crippen LogP contribution is -2.12. The van der Waals surface area contributed by atoms with Crippen molar-refractivity contribution in [1.82, 2.24) is 4.98 Å². The Bertz CT molecular complexity index is 1250. The number of nitrogens with one attached hydrogen (secondary N) is 1. The molecule has 2 aromatic carbocycles. The number of pyridine rings is 1. The predicted molar refractivity (Wildman–Crippen MR) is 117 cm³/mol. The minimum Gasteiger partial charge on any atom is -0.494 e. The summed E-state index contributed by atoms with van der Waals surface area (Å²) in [7, 11) is 0. The molecule has 0 bridgehead atoms. The molecule has 29 heavy (non-hydrogen) atoms. The van der Waals surface area contributed by atoms with E-state index in [-0.39, 0.29) is 11.7 Å². The van der Waals surface area contributed by atoms with Crippen molar-refractivity contribution in [2.75, 3.05) is 17.7 Å². The quantitative estimate of drug-likeness (QED) is 0.461. The van der Waals surface area contributed by atoms with Crippen LogP contribution in [0.15, 0.2) is 48.5 Å². The van der Waals surface area contributed by atoms with Crippen LogP contribution in [0.1, 0.15) is 33.9 Å². The standard InChI is InChI=1S/C22H19N3O3S/c1-3-28-16-9-6-14-10-17-19(23)20(29-22(17)25-18(14)11-16)21(27)24-15-7-4-13(5-8-15)12(2)26/h4-11H,3,23H2,1-2H3,(H,24,27). The summed E-state index contributed by atoms with van der Waals surface area (Å²) >= 11 is 1.25. The molecule has 7 heteroatoms. The number of ether oxygens (including phenoxy) is 1. The van der Waals surface area contributed by atoms with Gasteiger partial charge in [0.05, 0.1) is 17.8 Å². The molecular weight excluding hydrogens is 386 g/mol. The van der Waals surface area contributed by atoms with Gasteiger partial charge in [-0.05, 0) is 56.3 Å². The van der Waals surface area contributed by atoms with Crippen molar-refractivity contribution >= 4 is 55.5 Å². The van der Waals surface area contributed by atoms with Crippen molar-refractivity contribution < 1.29 is 14.3 Å². The second-order valence-corrected chi connectivity index (χ2v) is 7.56. The van der Waals surface area contributed by atoms with Gasteiger partial charge in [-0.3, -0.25) is 9.59 Å². The van der Waals surface area contributed by atoms with E-state index in [1.165, 1.54) is 18.3 Å². The Balaban J connectivity index is 1.67. The highest BCUT2D eigenvalue weighted by Gasteiger charge is 2.18. The molecule has 0 aliphatic heterocycles. The fourth-order valence-electron chi connectivity index (χ4n) is 3.08. The molecule has 0 aliphatic rings. The Hall–Kier alpha value is -3.45. The molecule has 4 aromatic rings. The normalized spacial score (nSPS) is 11.0. The number of amides is 1.